The van der Waals surface area contributed by atoms with Crippen molar-refractivity contribution in [3.63, 3.8) is 0 Å². The molecule has 4 heterocycles. The molecule has 16 heteroatoms. The summed E-state index contributed by atoms with van der Waals surface area (Å²) in [6.45, 7) is 4.50. The number of nitrogens with zero attached hydrogens (tertiary/aromatic N) is 3. The number of aromatic nitrogens is 2. The molecule has 9 atom stereocenters. The summed E-state index contributed by atoms with van der Waals surface area (Å²) in [6, 6.07) is -0.114. The van der Waals surface area contributed by atoms with Gasteiger partial charge in [0, 0.05) is 53.2 Å². The van der Waals surface area contributed by atoms with Gasteiger partial charge in [0.05, 0.1) is 43.0 Å². The minimum Gasteiger partial charge on any atom is -0.376 e. The van der Waals surface area contributed by atoms with Crippen molar-refractivity contribution in [3.8, 4) is 0 Å². The van der Waals surface area contributed by atoms with E-state index in [1.54, 1.807) is 16.3 Å². The second-order valence-corrected chi connectivity index (χ2v) is 17.8. The Kier molecular flexibility index (Phi) is 10.4. The van der Waals surface area contributed by atoms with Crippen molar-refractivity contribution in [2.45, 2.75) is 106 Å². The third-order valence-corrected chi connectivity index (χ3v) is 13.5. The number of hydrogen-bond donors (Lipinski definition) is 2. The first kappa shape index (κ1) is 35.4. The van der Waals surface area contributed by atoms with E-state index in [4.69, 9.17) is 21.3 Å². The molecule has 1 aromatic rings. The third kappa shape index (κ3) is 7.69. The molecule has 1 amide bonds. The normalized spacial score (nSPS) is 35.2. The number of piperidine rings is 1. The van der Waals surface area contributed by atoms with E-state index in [-0.39, 0.29) is 65.3 Å². The van der Waals surface area contributed by atoms with Crippen molar-refractivity contribution in [3.05, 3.63) is 27.4 Å². The van der Waals surface area contributed by atoms with Gasteiger partial charge in [-0.1, -0.05) is 0 Å². The van der Waals surface area contributed by atoms with Crippen LogP contribution in [0.5, 0.6) is 0 Å². The average molecular weight is 724 g/mol. The van der Waals surface area contributed by atoms with Crippen LogP contribution < -0.4 is 15.6 Å². The number of nitrogens with one attached hydrogen (secondary N) is 2. The Bertz CT molecular complexity index is 1510. The number of likely N-dealkylation sites (tertiary alicyclic amines) is 1. The highest BCUT2D eigenvalue weighted by molar-refractivity contribution is 8.00. The van der Waals surface area contributed by atoms with Crippen LogP contribution in [0.15, 0.2) is 4.79 Å². The molecule has 1 saturated carbocycles. The van der Waals surface area contributed by atoms with Gasteiger partial charge in [0.15, 0.2) is 0 Å². The van der Waals surface area contributed by atoms with Gasteiger partial charge in [-0.3, -0.25) is 23.8 Å². The lowest BCUT2D eigenvalue weighted by atomic mass is 9.70. The highest BCUT2D eigenvalue weighted by Crippen LogP contribution is 2.48. The van der Waals surface area contributed by atoms with Crippen LogP contribution >= 0.6 is 23.4 Å². The number of carbonyl (C=O) groups is 1. The van der Waals surface area contributed by atoms with E-state index in [1.165, 1.54) is 0 Å². The summed E-state index contributed by atoms with van der Waals surface area (Å²) in [5.74, 6) is -0.727. The third-order valence-electron chi connectivity index (χ3n) is 11.0. The molecule has 8 unspecified atom stereocenters. The Morgan fingerprint density at radius 2 is 1.94 bits per heavy atom. The Hall–Kier alpha value is -1.39. The molecule has 0 aromatic carbocycles. The first-order valence-corrected chi connectivity index (χ1v) is 20.0. The molecule has 1 aromatic heterocycles. The number of aryl methyl sites for hydroxylation is 2. The number of rotatable bonds is 8. The molecule has 10 nitrogen and oxygen atoms in total. The summed E-state index contributed by atoms with van der Waals surface area (Å²) in [7, 11) is -3.66. The molecule has 4 fully saturated rings. The van der Waals surface area contributed by atoms with Crippen LogP contribution in [0.4, 0.5) is 13.2 Å². The second-order valence-electron chi connectivity index (χ2n) is 14.2. The molecule has 0 spiro atoms. The van der Waals surface area contributed by atoms with Crippen molar-refractivity contribution >= 4 is 39.3 Å². The van der Waals surface area contributed by atoms with E-state index in [9.17, 15) is 31.2 Å². The fraction of sp³-hybridized carbons (Fsp3) is 0.839. The minimum absolute atomic E-state index is 0.0129. The summed E-state index contributed by atoms with van der Waals surface area (Å²) < 4.78 is 73.1. The SMILES string of the molecule is Cc1nc2c(c(=O)n1CCOC1CCC(Cl)CC1C1CC(C)NC3C(C(=O)NS(C)(=O)=O)CSC13)C[C@@H](N1CC(C(F)(F)F)C1)CC2. The summed E-state index contributed by atoms with van der Waals surface area (Å²) in [6.07, 6.45) is 1.67. The molecule has 2 aliphatic carbocycles. The number of alkyl halides is 4. The quantitative estimate of drug-likeness (QED) is 0.390. The maximum atomic E-state index is 13.7. The summed E-state index contributed by atoms with van der Waals surface area (Å²) in [4.78, 5) is 33.1. The van der Waals surface area contributed by atoms with Gasteiger partial charge in [-0.25, -0.2) is 13.4 Å². The highest BCUT2D eigenvalue weighted by atomic mass is 35.5. The summed E-state index contributed by atoms with van der Waals surface area (Å²) >= 11 is 8.44. The van der Waals surface area contributed by atoms with Crippen molar-refractivity contribution in [1.29, 1.82) is 0 Å². The van der Waals surface area contributed by atoms with Crippen molar-refractivity contribution < 1.29 is 31.1 Å². The predicted octanol–water partition coefficient (Wildman–Crippen LogP) is 2.87. The smallest absolute Gasteiger partial charge is 0.376 e. The number of sulfonamides is 1. The number of carbonyl (C=O) groups excluding carboxylic acids is 1. The maximum Gasteiger partial charge on any atom is 0.394 e. The molecule has 6 rings (SSSR count). The zero-order chi connectivity index (χ0) is 33.8. The van der Waals surface area contributed by atoms with E-state index < -0.39 is 33.9 Å². The van der Waals surface area contributed by atoms with Crippen molar-refractivity contribution in [2.75, 3.05) is 31.7 Å². The molecule has 5 aliphatic rings. The average Bonchev–Trinajstić information content (AvgIpc) is 3.37. The number of amides is 1. The van der Waals surface area contributed by atoms with Crippen LogP contribution in [0.2, 0.25) is 0 Å². The first-order valence-electron chi connectivity index (χ1n) is 16.6. The Balaban J connectivity index is 1.11. The molecular formula is C31H45ClF3N5O5S2. The molecule has 264 valence electrons. The van der Waals surface area contributed by atoms with Crippen LogP contribution in [0.3, 0.4) is 0 Å². The Labute approximate surface area is 283 Å². The Morgan fingerprint density at radius 1 is 1.19 bits per heavy atom. The van der Waals surface area contributed by atoms with Gasteiger partial charge in [-0.15, -0.1) is 11.6 Å². The van der Waals surface area contributed by atoms with Crippen LogP contribution in [-0.2, 0) is 38.9 Å². The van der Waals surface area contributed by atoms with E-state index in [0.717, 1.165) is 37.6 Å². The molecule has 0 radical (unpaired) electrons. The van der Waals surface area contributed by atoms with Gasteiger partial charge in [0.1, 0.15) is 5.82 Å². The maximum absolute atomic E-state index is 13.7. The minimum atomic E-state index is -4.18. The molecule has 3 saturated heterocycles. The Morgan fingerprint density at radius 3 is 2.64 bits per heavy atom. The highest BCUT2D eigenvalue weighted by Gasteiger charge is 2.52. The predicted molar refractivity (Wildman–Crippen MR) is 174 cm³/mol. The van der Waals surface area contributed by atoms with Crippen LogP contribution in [0.25, 0.3) is 0 Å². The first-order chi connectivity index (χ1) is 22.1. The second kappa shape index (κ2) is 13.7. The van der Waals surface area contributed by atoms with Gasteiger partial charge < -0.3 is 10.1 Å². The van der Waals surface area contributed by atoms with Crippen molar-refractivity contribution in [2.24, 2.45) is 23.7 Å². The number of hydrogen-bond acceptors (Lipinski definition) is 9. The van der Waals surface area contributed by atoms with Gasteiger partial charge >= 0.3 is 6.18 Å². The lowest BCUT2D eigenvalue weighted by Crippen LogP contribution is -2.58. The fourth-order valence-electron chi connectivity index (χ4n) is 8.59. The number of halogens is 4. The standard InChI is InChI=1S/C31H45ClF3N5O5S2/c1-16-10-22(28-27(36-16)24(15-46-28)29(41)38-47(3,43)44)21-11-19(32)4-7-26(21)45-9-8-40-17(2)37-25-6-5-20(12-23(25)30(40)42)39-13-18(14-39)31(33,34)35/h16,18-22,24,26-28,36H,4-15H2,1-3H3,(H,38,41)/t16?,19?,20-,21?,22?,24?,26?,27?,28?/m0/s1. The largest absolute Gasteiger partial charge is 0.394 e. The lowest BCUT2D eigenvalue weighted by Gasteiger charge is -2.47. The van der Waals surface area contributed by atoms with E-state index >= 15 is 0 Å². The van der Waals surface area contributed by atoms with Crippen molar-refractivity contribution in [1.82, 2.24) is 24.5 Å². The summed E-state index contributed by atoms with van der Waals surface area (Å²) in [5.41, 5.74) is 1.22. The van der Waals surface area contributed by atoms with E-state index in [2.05, 4.69) is 17.0 Å². The van der Waals surface area contributed by atoms with E-state index in [0.29, 0.717) is 49.6 Å². The molecule has 3 aliphatic heterocycles. The molecule has 47 heavy (non-hydrogen) atoms. The lowest BCUT2D eigenvalue weighted by molar-refractivity contribution is -0.214. The topological polar surface area (TPSA) is 123 Å². The number of thioether (sulfide) groups is 1. The molecule has 0 bridgehead atoms. The van der Waals surface area contributed by atoms with Gasteiger partial charge in [0.2, 0.25) is 15.9 Å². The monoisotopic (exact) mass is 723 g/mol. The fourth-order valence-corrected chi connectivity index (χ4v) is 11.3. The molecule has 2 N–H and O–H groups in total. The van der Waals surface area contributed by atoms with Gasteiger partial charge in [-0.2, -0.15) is 24.9 Å². The number of ether oxygens (including phenoxy) is 1. The molecular weight excluding hydrogens is 679 g/mol. The zero-order valence-electron chi connectivity index (χ0n) is 27.0. The van der Waals surface area contributed by atoms with Crippen LogP contribution in [0.1, 0.15) is 56.1 Å². The number of fused-ring (bicyclic) bond motifs is 2. The zero-order valence-corrected chi connectivity index (χ0v) is 29.4. The van der Waals surface area contributed by atoms with Crippen LogP contribution in [-0.4, -0.2) is 102 Å². The van der Waals surface area contributed by atoms with Gasteiger partial charge in [-0.05, 0) is 70.6 Å². The summed E-state index contributed by atoms with van der Waals surface area (Å²) in [5, 5.41) is 3.69. The van der Waals surface area contributed by atoms with E-state index in [1.807, 2.05) is 11.8 Å². The van der Waals surface area contributed by atoms with Crippen LogP contribution in [0, 0.1) is 30.6 Å². The van der Waals surface area contributed by atoms with Gasteiger partial charge in [0.25, 0.3) is 5.56 Å².